The molecule has 5 rings (SSSR count). The largest absolute Gasteiger partial charge is 0.488 e. The molecule has 8 nitrogen and oxygen atoms in total. The first-order valence-electron chi connectivity index (χ1n) is 12.4. The van der Waals surface area contributed by atoms with Gasteiger partial charge in [0.25, 0.3) is 0 Å². The first-order valence-corrected chi connectivity index (χ1v) is 12.8. The number of allylic oxidation sites excluding steroid dienone is 1. The van der Waals surface area contributed by atoms with Crippen molar-refractivity contribution >= 4 is 39.8 Å². The predicted molar refractivity (Wildman–Crippen MR) is 139 cm³/mol. The number of ketones is 1. The van der Waals surface area contributed by atoms with Crippen molar-refractivity contribution in [3.05, 3.63) is 65.0 Å². The lowest BCUT2D eigenvalue weighted by molar-refractivity contribution is -0.116. The Bertz CT molecular complexity index is 1340. The van der Waals surface area contributed by atoms with Crippen LogP contribution in [0.5, 0.6) is 5.75 Å². The van der Waals surface area contributed by atoms with Gasteiger partial charge in [0.15, 0.2) is 11.6 Å². The molecule has 3 aromatic rings. The van der Waals surface area contributed by atoms with Crippen molar-refractivity contribution < 1.29 is 27.8 Å². The molecule has 38 heavy (non-hydrogen) atoms. The van der Waals surface area contributed by atoms with E-state index in [2.05, 4.69) is 15.3 Å². The Morgan fingerprint density at radius 3 is 2.79 bits per heavy atom. The summed E-state index contributed by atoms with van der Waals surface area (Å²) in [5.74, 6) is -1.12. The highest BCUT2D eigenvalue weighted by Crippen LogP contribution is 2.32. The van der Waals surface area contributed by atoms with Gasteiger partial charge in [-0.15, -0.1) is 0 Å². The van der Waals surface area contributed by atoms with Crippen LogP contribution in [0.4, 0.5) is 20.3 Å². The van der Waals surface area contributed by atoms with E-state index in [0.717, 1.165) is 0 Å². The number of hydrogen-bond acceptors (Lipinski definition) is 8. The first kappa shape index (κ1) is 26.4. The minimum atomic E-state index is -0.796. The Labute approximate surface area is 223 Å². The van der Waals surface area contributed by atoms with Gasteiger partial charge < -0.3 is 19.5 Å². The van der Waals surface area contributed by atoms with Gasteiger partial charge >= 0.3 is 0 Å². The number of Topliss-reactive ketones (excluding diaryl/α,β-unsaturated/α-hetero) is 1. The average molecular weight is 545 g/mol. The van der Waals surface area contributed by atoms with E-state index in [4.69, 9.17) is 25.8 Å². The van der Waals surface area contributed by atoms with Crippen molar-refractivity contribution in [3.8, 4) is 5.75 Å². The monoisotopic (exact) mass is 544 g/mol. The molecule has 2 saturated heterocycles. The number of nitrogens with zero attached hydrogens (tertiary/aromatic N) is 3. The van der Waals surface area contributed by atoms with Crippen LogP contribution in [0.2, 0.25) is 5.02 Å². The van der Waals surface area contributed by atoms with Crippen LogP contribution in [0.3, 0.4) is 0 Å². The van der Waals surface area contributed by atoms with Crippen molar-refractivity contribution in [2.45, 2.75) is 18.9 Å². The van der Waals surface area contributed by atoms with Crippen LogP contribution in [-0.2, 0) is 20.7 Å². The molecule has 1 N–H and O–H groups in total. The molecule has 2 fully saturated rings. The Kier molecular flexibility index (Phi) is 8.43. The van der Waals surface area contributed by atoms with E-state index < -0.39 is 17.4 Å². The summed E-state index contributed by atoms with van der Waals surface area (Å²) in [5.41, 5.74) is 1.58. The molecule has 2 aliphatic heterocycles. The van der Waals surface area contributed by atoms with Gasteiger partial charge in [-0.05, 0) is 30.3 Å². The number of fused-ring (bicyclic) bond motifs is 1. The molecule has 0 radical (unpaired) electrons. The maximum absolute atomic E-state index is 14.8. The number of carbonyl (C=O) groups excluding carboxylic acids is 1. The van der Waals surface area contributed by atoms with Gasteiger partial charge in [-0.25, -0.2) is 18.7 Å². The number of carbonyl (C=O) groups is 1. The van der Waals surface area contributed by atoms with Crippen molar-refractivity contribution in [2.75, 3.05) is 51.4 Å². The Morgan fingerprint density at radius 2 is 2.03 bits per heavy atom. The smallest absolute Gasteiger partial charge is 0.195 e. The number of aromatic nitrogens is 2. The van der Waals surface area contributed by atoms with E-state index in [-0.39, 0.29) is 17.5 Å². The molecule has 0 bridgehead atoms. The molecule has 200 valence electrons. The maximum Gasteiger partial charge on any atom is 0.195 e. The summed E-state index contributed by atoms with van der Waals surface area (Å²) >= 11 is 5.93. The summed E-state index contributed by atoms with van der Waals surface area (Å²) < 4.78 is 45.3. The third-order valence-electron chi connectivity index (χ3n) is 6.43. The van der Waals surface area contributed by atoms with Gasteiger partial charge in [0.2, 0.25) is 0 Å². The fourth-order valence-corrected chi connectivity index (χ4v) is 4.52. The van der Waals surface area contributed by atoms with Crippen LogP contribution < -0.4 is 10.1 Å². The molecule has 0 saturated carbocycles. The van der Waals surface area contributed by atoms with Crippen molar-refractivity contribution in [3.63, 3.8) is 0 Å². The second-order valence-electron chi connectivity index (χ2n) is 9.12. The second-order valence-corrected chi connectivity index (χ2v) is 9.53. The molecule has 1 aromatic heterocycles. The van der Waals surface area contributed by atoms with Gasteiger partial charge in [0.1, 0.15) is 29.8 Å². The molecule has 0 spiro atoms. The van der Waals surface area contributed by atoms with Crippen molar-refractivity contribution in [1.29, 1.82) is 0 Å². The molecule has 0 aliphatic carbocycles. The summed E-state index contributed by atoms with van der Waals surface area (Å²) in [4.78, 5) is 23.6. The van der Waals surface area contributed by atoms with E-state index in [0.29, 0.717) is 86.2 Å². The molecule has 0 amide bonds. The van der Waals surface area contributed by atoms with Crippen molar-refractivity contribution in [1.82, 2.24) is 14.9 Å². The molecule has 0 unspecified atom stereocenters. The molecule has 2 aromatic carbocycles. The Balaban J connectivity index is 1.43. The summed E-state index contributed by atoms with van der Waals surface area (Å²) in [6.07, 6.45) is 3.03. The number of nitrogens with one attached hydrogen (secondary N) is 1. The zero-order valence-electron chi connectivity index (χ0n) is 20.6. The number of ether oxygens (including phenoxy) is 3. The zero-order valence-corrected chi connectivity index (χ0v) is 21.3. The van der Waals surface area contributed by atoms with Crippen LogP contribution in [0.25, 0.3) is 10.9 Å². The fraction of sp³-hybridized carbons (Fsp3) is 0.370. The highest BCUT2D eigenvalue weighted by atomic mass is 35.5. The lowest BCUT2D eigenvalue weighted by Gasteiger charge is -2.25. The van der Waals surface area contributed by atoms with Gasteiger partial charge in [-0.2, -0.15) is 0 Å². The topological polar surface area (TPSA) is 85.8 Å². The first-order chi connectivity index (χ1) is 18.5. The summed E-state index contributed by atoms with van der Waals surface area (Å²) in [6.45, 7) is 3.92. The number of rotatable bonds is 9. The Morgan fingerprint density at radius 1 is 1.18 bits per heavy atom. The molecular formula is C27H27ClF2N4O4. The summed E-state index contributed by atoms with van der Waals surface area (Å²) in [6, 6.07) is 7.67. The quantitative estimate of drug-likeness (QED) is 0.390. The van der Waals surface area contributed by atoms with Crippen LogP contribution in [-0.4, -0.2) is 72.8 Å². The SMILES string of the molecule is O=C(Cc1cc2c(Nc3ccc(F)c(Cl)c3)ncnc2cc1O[C@H]1CCOC1)C(F)=CCN1CCOCC1. The van der Waals surface area contributed by atoms with E-state index in [9.17, 15) is 13.6 Å². The summed E-state index contributed by atoms with van der Waals surface area (Å²) in [7, 11) is 0. The zero-order chi connectivity index (χ0) is 26.5. The minimum Gasteiger partial charge on any atom is -0.488 e. The number of morpholine rings is 1. The van der Waals surface area contributed by atoms with E-state index in [1.54, 1.807) is 12.1 Å². The third kappa shape index (κ3) is 6.44. The molecule has 1 atom stereocenters. The van der Waals surface area contributed by atoms with Gasteiger partial charge in [0, 0.05) is 55.2 Å². The number of benzene rings is 2. The van der Waals surface area contributed by atoms with E-state index >= 15 is 0 Å². The van der Waals surface area contributed by atoms with Crippen LogP contribution in [0.1, 0.15) is 12.0 Å². The standard InChI is InChI=1S/C27H27ClF2N4O4/c28-21-13-18(1-2-22(21)29)33-27-20-11-17(12-25(35)23(30)3-5-34-6-9-36-10-7-34)26(14-24(20)31-16-32-27)38-19-4-8-37-15-19/h1-3,11,13-14,16,19H,4-10,12,15H2,(H,31,32,33)/t19-/m0/s1. The van der Waals surface area contributed by atoms with Crippen LogP contribution in [0, 0.1) is 5.82 Å². The lowest BCUT2D eigenvalue weighted by Crippen LogP contribution is -2.36. The molecular weight excluding hydrogens is 518 g/mol. The predicted octanol–water partition coefficient (Wildman–Crippen LogP) is 4.63. The van der Waals surface area contributed by atoms with Crippen LogP contribution in [0.15, 0.2) is 48.6 Å². The molecule has 2 aliphatic rings. The molecule has 3 heterocycles. The number of halogens is 3. The average Bonchev–Trinajstić information content (AvgIpc) is 3.44. The van der Waals surface area contributed by atoms with Crippen LogP contribution >= 0.6 is 11.6 Å². The minimum absolute atomic E-state index is 0.0338. The highest BCUT2D eigenvalue weighted by molar-refractivity contribution is 6.31. The fourth-order valence-electron chi connectivity index (χ4n) is 4.34. The normalized spacial score (nSPS) is 18.6. The second kappa shape index (κ2) is 12.1. The van der Waals surface area contributed by atoms with E-state index in [1.807, 2.05) is 4.90 Å². The van der Waals surface area contributed by atoms with Gasteiger partial charge in [-0.3, -0.25) is 9.69 Å². The highest BCUT2D eigenvalue weighted by Gasteiger charge is 2.22. The van der Waals surface area contributed by atoms with E-state index in [1.165, 1.54) is 30.6 Å². The van der Waals surface area contributed by atoms with Crippen molar-refractivity contribution in [2.24, 2.45) is 0 Å². The maximum atomic E-state index is 14.8. The third-order valence-corrected chi connectivity index (χ3v) is 6.72. The molecule has 11 heteroatoms. The Hall–Kier alpha value is -3.18. The van der Waals surface area contributed by atoms with Gasteiger partial charge in [-0.1, -0.05) is 11.6 Å². The summed E-state index contributed by atoms with van der Waals surface area (Å²) in [5, 5.41) is 3.67. The number of hydrogen-bond donors (Lipinski definition) is 1. The van der Waals surface area contributed by atoms with Gasteiger partial charge in [0.05, 0.1) is 37.0 Å². The number of anilines is 2. The lowest BCUT2D eigenvalue weighted by atomic mass is 10.0.